The Balaban J connectivity index is 1.45. The number of aliphatic hydroxyl groups excluding tert-OH is 1. The van der Waals surface area contributed by atoms with Gasteiger partial charge in [-0.1, -0.05) is 13.0 Å². The van der Waals surface area contributed by atoms with Gasteiger partial charge >= 0.3 is 19.9 Å². The molecule has 3 aliphatic rings. The van der Waals surface area contributed by atoms with E-state index in [9.17, 15) is 45.6 Å². The van der Waals surface area contributed by atoms with E-state index in [4.69, 9.17) is 4.52 Å². The molecule has 0 aromatic heterocycles. The zero-order valence-corrected chi connectivity index (χ0v) is 23.4. The predicted octanol–water partition coefficient (Wildman–Crippen LogP) is 6.11. The van der Waals surface area contributed by atoms with Crippen molar-refractivity contribution in [3.63, 3.8) is 0 Å². The maximum Gasteiger partial charge on any atom is 0.524 e. The lowest BCUT2D eigenvalue weighted by Crippen LogP contribution is -2.47. The zero-order valence-electron chi connectivity index (χ0n) is 21.7. The third-order valence-electron chi connectivity index (χ3n) is 9.27. The minimum atomic E-state index is -5.61. The third kappa shape index (κ3) is 6.71. The fraction of sp³-hybridized carbons (Fsp3) is 0.769. The lowest BCUT2D eigenvalue weighted by molar-refractivity contribution is -0.284. The molecule has 13 heteroatoms. The van der Waals surface area contributed by atoms with E-state index >= 15 is 0 Å². The first kappa shape index (κ1) is 30.9. The minimum Gasteiger partial charge on any atom is -0.404 e. The van der Waals surface area contributed by atoms with Gasteiger partial charge in [0.05, 0.1) is 6.10 Å². The Labute approximate surface area is 227 Å². The molecule has 39 heavy (non-hydrogen) atoms. The molecule has 2 fully saturated rings. The van der Waals surface area contributed by atoms with Gasteiger partial charge in [0.15, 0.2) is 0 Å². The average molecular weight is 603 g/mol. The molecule has 6 nitrogen and oxygen atoms in total. The number of fused-ring (bicyclic) bond motifs is 5. The molecule has 0 bridgehead atoms. The summed E-state index contributed by atoms with van der Waals surface area (Å²) in [6.07, 6.45) is -2.73. The van der Waals surface area contributed by atoms with Crippen molar-refractivity contribution in [2.45, 2.75) is 88.8 Å². The summed E-state index contributed by atoms with van der Waals surface area (Å²) >= 11 is 0. The van der Waals surface area contributed by atoms with E-state index in [0.717, 1.165) is 36.8 Å². The second-order valence-electron chi connectivity index (χ2n) is 11.6. The van der Waals surface area contributed by atoms with Crippen molar-refractivity contribution in [3.05, 3.63) is 29.3 Å². The smallest absolute Gasteiger partial charge is 0.404 e. The van der Waals surface area contributed by atoms with Gasteiger partial charge in [0.25, 0.3) is 0 Å². The van der Waals surface area contributed by atoms with Crippen molar-refractivity contribution < 1.29 is 50.1 Å². The topological polar surface area (TPSA) is 104 Å². The van der Waals surface area contributed by atoms with Crippen molar-refractivity contribution >= 4 is 18.6 Å². The van der Waals surface area contributed by atoms with Crippen molar-refractivity contribution in [3.8, 4) is 5.75 Å². The summed E-state index contributed by atoms with van der Waals surface area (Å²) in [5.41, 5.74) is 1.85. The van der Waals surface area contributed by atoms with Crippen LogP contribution < -0.4 is 4.52 Å². The van der Waals surface area contributed by atoms with E-state index < -0.39 is 43.6 Å². The van der Waals surface area contributed by atoms with Crippen LogP contribution in [0.3, 0.4) is 0 Å². The molecule has 1 aromatic carbocycles. The highest BCUT2D eigenvalue weighted by atomic mass is 32.2. The second kappa shape index (κ2) is 11.3. The first-order chi connectivity index (χ1) is 18.0. The summed E-state index contributed by atoms with van der Waals surface area (Å²) in [5.74, 6) is -3.87. The maximum absolute atomic E-state index is 13.1. The van der Waals surface area contributed by atoms with E-state index in [2.05, 4.69) is 6.92 Å². The van der Waals surface area contributed by atoms with Crippen molar-refractivity contribution in [2.24, 2.45) is 23.2 Å². The molecule has 4 rings (SSSR count). The molecular formula is C26H36F5O6PS. The molecule has 0 spiro atoms. The quantitative estimate of drug-likeness (QED) is 0.221. The minimum absolute atomic E-state index is 0.0768. The number of hydrogen-bond donors (Lipinski definition) is 3. The molecule has 0 saturated heterocycles. The van der Waals surface area contributed by atoms with Crippen LogP contribution in [-0.2, 0) is 21.8 Å². The van der Waals surface area contributed by atoms with Gasteiger partial charge in [0.2, 0.25) is 0 Å². The molecule has 0 radical (unpaired) electrons. The molecule has 0 aliphatic heterocycles. The van der Waals surface area contributed by atoms with Crippen LogP contribution in [0, 0.1) is 23.2 Å². The van der Waals surface area contributed by atoms with Crippen molar-refractivity contribution in [1.29, 1.82) is 0 Å². The second-order valence-corrected chi connectivity index (χ2v) is 14.5. The Morgan fingerprint density at radius 1 is 1.10 bits per heavy atom. The molecule has 2 saturated carbocycles. The van der Waals surface area contributed by atoms with Crippen molar-refractivity contribution in [2.75, 3.05) is 11.5 Å². The predicted molar refractivity (Wildman–Crippen MR) is 136 cm³/mol. The fourth-order valence-corrected chi connectivity index (χ4v) is 8.97. The Morgan fingerprint density at radius 3 is 2.46 bits per heavy atom. The summed E-state index contributed by atoms with van der Waals surface area (Å²) in [7, 11) is -6.25. The van der Waals surface area contributed by atoms with Crippen LogP contribution in [0.25, 0.3) is 0 Å². The van der Waals surface area contributed by atoms with Crippen LogP contribution in [0.5, 0.6) is 5.75 Å². The Hall–Kier alpha value is -1.07. The van der Waals surface area contributed by atoms with Gasteiger partial charge in [-0.15, -0.1) is 0 Å². The molecule has 3 aliphatic carbocycles. The number of halogens is 5. The van der Waals surface area contributed by atoms with E-state index in [0.29, 0.717) is 19.3 Å². The number of aliphatic hydroxyl groups is 1. The summed E-state index contributed by atoms with van der Waals surface area (Å²) in [6, 6.07) is 5.10. The monoisotopic (exact) mass is 602 g/mol. The van der Waals surface area contributed by atoms with E-state index in [-0.39, 0.29) is 52.4 Å². The number of phosphoric ester groups is 1. The molecule has 7 atom stereocenters. The van der Waals surface area contributed by atoms with Crippen LogP contribution in [-0.4, -0.2) is 48.8 Å². The number of phosphoric acid groups is 1. The molecule has 1 aromatic rings. The molecule has 0 heterocycles. The highest BCUT2D eigenvalue weighted by Crippen LogP contribution is 2.63. The number of benzene rings is 1. The maximum atomic E-state index is 13.1. The zero-order chi connectivity index (χ0) is 28.8. The lowest BCUT2D eigenvalue weighted by atomic mass is 9.52. The average Bonchev–Trinajstić information content (AvgIpc) is 3.11. The van der Waals surface area contributed by atoms with Crippen LogP contribution in [0.2, 0.25) is 0 Å². The molecule has 222 valence electrons. The fourth-order valence-electron chi connectivity index (χ4n) is 7.42. The molecule has 3 N–H and O–H groups in total. The van der Waals surface area contributed by atoms with E-state index in [1.165, 1.54) is 0 Å². The number of hydrogen-bond acceptors (Lipinski definition) is 4. The van der Waals surface area contributed by atoms with E-state index in [1.807, 2.05) is 6.07 Å². The van der Waals surface area contributed by atoms with Gasteiger partial charge in [-0.05, 0) is 104 Å². The van der Waals surface area contributed by atoms with Gasteiger partial charge in [-0.25, -0.2) is 4.57 Å². The Bertz CT molecular complexity index is 1110. The summed E-state index contributed by atoms with van der Waals surface area (Å²) in [6.45, 7) is 2.14. The van der Waals surface area contributed by atoms with Gasteiger partial charge in [0, 0.05) is 28.7 Å². The lowest BCUT2D eigenvalue weighted by Gasteiger charge is -2.53. The van der Waals surface area contributed by atoms with Crippen LogP contribution in [0.1, 0.15) is 75.3 Å². The standard InChI is InChI=1S/C26H36F5O6PS/c1-24-11-9-20-19-6-5-18(37-38(33,34)35)15-17(19)14-16(23(20)21(24)7-8-22(24)32)4-2-12-39(36)13-3-10-25(27,28)26(29,30)31/h5-6,15-16,20-23,32H,2-4,7-14H2,1H3,(H2,33,34,35)/t16-,20-,21+,22+,23-,24+,39?/m1/s1. The third-order valence-corrected chi connectivity index (χ3v) is 11.2. The van der Waals surface area contributed by atoms with Gasteiger partial charge in [0.1, 0.15) is 5.75 Å². The highest BCUT2D eigenvalue weighted by molar-refractivity contribution is 7.84. The van der Waals surface area contributed by atoms with Crippen LogP contribution in [0.4, 0.5) is 22.0 Å². The van der Waals surface area contributed by atoms with Gasteiger partial charge in [-0.3, -0.25) is 14.0 Å². The highest BCUT2D eigenvalue weighted by Gasteiger charge is 2.57. The van der Waals surface area contributed by atoms with Gasteiger partial charge in [-0.2, -0.15) is 22.0 Å². The number of alkyl halides is 5. The van der Waals surface area contributed by atoms with Gasteiger partial charge < -0.3 is 9.63 Å². The van der Waals surface area contributed by atoms with Crippen LogP contribution in [0.15, 0.2) is 18.2 Å². The first-order valence-corrected chi connectivity index (χ1v) is 16.4. The first-order valence-electron chi connectivity index (χ1n) is 13.4. The summed E-state index contributed by atoms with van der Waals surface area (Å²) in [5, 5.41) is 10.8. The van der Waals surface area contributed by atoms with Crippen LogP contribution >= 0.6 is 7.82 Å². The number of rotatable bonds is 10. The Kier molecular flexibility index (Phi) is 8.95. The summed E-state index contributed by atoms with van der Waals surface area (Å²) < 4.78 is 92.0. The Morgan fingerprint density at radius 2 is 1.79 bits per heavy atom. The summed E-state index contributed by atoms with van der Waals surface area (Å²) in [4.78, 5) is 18.4. The van der Waals surface area contributed by atoms with Crippen molar-refractivity contribution in [1.82, 2.24) is 0 Å². The largest absolute Gasteiger partial charge is 0.524 e. The molecule has 1 unspecified atom stereocenters. The molecular weight excluding hydrogens is 566 g/mol. The normalized spacial score (nSPS) is 31.8. The molecule has 0 amide bonds. The SMILES string of the molecule is C[C@]12CC[C@@H]3c4ccc(OP(=O)(O)O)cc4C[C@@H](CCCS(=O)CCCC(F)(F)C(F)(F)F)[C@H]3[C@@H]1CC[C@@H]2O. The van der Waals surface area contributed by atoms with E-state index in [1.54, 1.807) is 12.1 Å².